The smallest absolute Gasteiger partial charge is 0.265 e. The van der Waals surface area contributed by atoms with Crippen LogP contribution >= 0.6 is 0 Å². The molecule has 3 amide bonds. The lowest BCUT2D eigenvalue weighted by molar-refractivity contribution is -0.525. The number of hydroxylamine groups is 1. The minimum atomic E-state index is -1.11. The highest BCUT2D eigenvalue weighted by molar-refractivity contribution is 5.92. The Bertz CT molecular complexity index is 612. The first-order valence-electron chi connectivity index (χ1n) is 8.99. The van der Waals surface area contributed by atoms with Crippen LogP contribution in [0.2, 0.25) is 0 Å². The Morgan fingerprint density at radius 1 is 1.14 bits per heavy atom. The van der Waals surface area contributed by atoms with Crippen LogP contribution in [-0.4, -0.2) is 58.6 Å². The topological polar surface area (TPSA) is 227 Å². The molecule has 0 saturated carbocycles. The van der Waals surface area contributed by atoms with Gasteiger partial charge in [-0.25, -0.2) is 20.6 Å². The number of nitro groups is 1. The van der Waals surface area contributed by atoms with Crippen LogP contribution in [0.3, 0.4) is 0 Å². The number of hydrogen-bond donors (Lipinski definition) is 7. The van der Waals surface area contributed by atoms with Crippen LogP contribution in [0.5, 0.6) is 0 Å². The Kier molecular flexibility index (Phi) is 11.9. The van der Waals surface area contributed by atoms with Crippen LogP contribution in [0.4, 0.5) is 0 Å². The Labute approximate surface area is 167 Å². The van der Waals surface area contributed by atoms with Gasteiger partial charge in [-0.1, -0.05) is 19.3 Å². The van der Waals surface area contributed by atoms with E-state index >= 15 is 0 Å². The van der Waals surface area contributed by atoms with E-state index in [-0.39, 0.29) is 25.3 Å². The van der Waals surface area contributed by atoms with Gasteiger partial charge in [-0.05, 0) is 32.1 Å². The largest absolute Gasteiger partial charge is 0.365 e. The van der Waals surface area contributed by atoms with Crippen LogP contribution in [0.25, 0.3) is 0 Å². The number of rotatable bonds is 12. The van der Waals surface area contributed by atoms with Gasteiger partial charge >= 0.3 is 0 Å². The molecule has 0 aromatic rings. The second-order valence-electron chi connectivity index (χ2n) is 6.78. The number of carbonyl (C=O) groups is 3. The molecule has 14 heteroatoms. The van der Waals surface area contributed by atoms with Crippen molar-refractivity contribution in [3.63, 3.8) is 0 Å². The van der Waals surface area contributed by atoms with Crippen molar-refractivity contribution in [3.05, 3.63) is 10.1 Å². The van der Waals surface area contributed by atoms with E-state index in [1.54, 1.807) is 5.43 Å². The van der Waals surface area contributed by atoms with E-state index in [4.69, 9.17) is 16.7 Å². The van der Waals surface area contributed by atoms with E-state index in [9.17, 15) is 24.5 Å². The second-order valence-corrected chi connectivity index (χ2v) is 6.78. The van der Waals surface area contributed by atoms with Crippen LogP contribution < -0.4 is 33.0 Å². The Morgan fingerprint density at radius 3 is 2.28 bits per heavy atom. The second kappa shape index (κ2) is 13.2. The number of nitrogens with zero attached hydrogens (tertiary/aromatic N) is 2. The monoisotopic (exact) mass is 418 g/mol. The average Bonchev–Trinajstić information content (AvgIpc) is 2.61. The molecule has 166 valence electrons. The summed E-state index contributed by atoms with van der Waals surface area (Å²) < 4.78 is 0. The number of aliphatic imine (C=N–C) groups is 1. The third kappa shape index (κ3) is 11.4. The zero-order valence-electron chi connectivity index (χ0n) is 16.7. The van der Waals surface area contributed by atoms with Gasteiger partial charge in [0.05, 0.1) is 6.04 Å². The first kappa shape index (κ1) is 26.0. The van der Waals surface area contributed by atoms with Gasteiger partial charge in [-0.15, -0.1) is 0 Å². The maximum atomic E-state index is 12.3. The molecular formula is C15H30N8O6. The highest BCUT2D eigenvalue weighted by Crippen LogP contribution is 2.03. The fourth-order valence-corrected chi connectivity index (χ4v) is 2.27. The summed E-state index contributed by atoms with van der Waals surface area (Å²) in [5.41, 5.74) is 14.1. The average molecular weight is 418 g/mol. The zero-order valence-corrected chi connectivity index (χ0v) is 16.7. The predicted octanol–water partition coefficient (Wildman–Crippen LogP) is -2.27. The van der Waals surface area contributed by atoms with E-state index in [1.807, 2.05) is 13.8 Å². The molecule has 29 heavy (non-hydrogen) atoms. The Hall–Kier alpha value is -3.00. The van der Waals surface area contributed by atoms with Gasteiger partial charge in [-0.3, -0.25) is 19.6 Å². The van der Waals surface area contributed by atoms with Crippen LogP contribution in [0.15, 0.2) is 4.99 Å². The van der Waals surface area contributed by atoms with E-state index < -0.39 is 46.8 Å². The summed E-state index contributed by atoms with van der Waals surface area (Å²) in [6.07, 6.45) is 0.726. The van der Waals surface area contributed by atoms with Crippen molar-refractivity contribution in [2.24, 2.45) is 22.4 Å². The lowest BCUT2D eigenvalue weighted by atomic mass is 10.0. The van der Waals surface area contributed by atoms with Gasteiger partial charge in [0.1, 0.15) is 12.1 Å². The molecule has 14 nitrogen and oxygen atoms in total. The van der Waals surface area contributed by atoms with Gasteiger partial charge in [-0.2, -0.15) is 0 Å². The highest BCUT2D eigenvalue weighted by atomic mass is 16.7. The van der Waals surface area contributed by atoms with Crippen molar-refractivity contribution < 1.29 is 24.6 Å². The molecule has 0 rings (SSSR count). The fourth-order valence-electron chi connectivity index (χ4n) is 2.27. The van der Waals surface area contributed by atoms with Crippen LogP contribution in [-0.2, 0) is 14.4 Å². The third-order valence-electron chi connectivity index (χ3n) is 3.70. The maximum absolute atomic E-state index is 12.3. The Morgan fingerprint density at radius 2 is 1.76 bits per heavy atom. The van der Waals surface area contributed by atoms with Crippen LogP contribution in [0.1, 0.15) is 40.0 Å². The van der Waals surface area contributed by atoms with Gasteiger partial charge in [0.15, 0.2) is 5.03 Å². The first-order chi connectivity index (χ1) is 13.5. The molecule has 0 aromatic carbocycles. The standard InChI is InChI=1S/C15H30N8O6/c1-8(2)7-10(16)13(25)19-9(3)12(24)20-11(14(26)22-27)5-4-6-18-15(17)21-23(28)29/h8-11,27H,4-7,16H2,1-3H3,(H,19,25)(H,20,24)(H,22,26)(H3,17,18,21)/t9-,10-,11-/m0/s1. The van der Waals surface area contributed by atoms with E-state index in [0.29, 0.717) is 6.42 Å². The van der Waals surface area contributed by atoms with E-state index in [2.05, 4.69) is 15.6 Å². The third-order valence-corrected chi connectivity index (χ3v) is 3.70. The fraction of sp³-hybridized carbons (Fsp3) is 0.733. The molecule has 0 aliphatic rings. The summed E-state index contributed by atoms with van der Waals surface area (Å²) in [6, 6.07) is -2.85. The molecule has 9 N–H and O–H groups in total. The normalized spacial score (nSPS) is 14.5. The summed E-state index contributed by atoms with van der Waals surface area (Å²) >= 11 is 0. The number of nitrogens with two attached hydrogens (primary N) is 2. The molecule has 0 fully saturated rings. The van der Waals surface area contributed by atoms with Gasteiger partial charge < -0.3 is 22.1 Å². The molecule has 0 radical (unpaired) electrons. The summed E-state index contributed by atoms with van der Waals surface area (Å²) in [5.74, 6) is -2.21. The number of nitrogens with one attached hydrogen (secondary N) is 4. The first-order valence-corrected chi connectivity index (χ1v) is 8.99. The number of amides is 3. The van der Waals surface area contributed by atoms with Crippen molar-refractivity contribution in [1.29, 1.82) is 0 Å². The summed E-state index contributed by atoms with van der Waals surface area (Å²) in [5, 5.41) is 23.0. The predicted molar refractivity (Wildman–Crippen MR) is 103 cm³/mol. The minimum Gasteiger partial charge on any atom is -0.365 e. The van der Waals surface area contributed by atoms with Gasteiger partial charge in [0.25, 0.3) is 11.9 Å². The van der Waals surface area contributed by atoms with Gasteiger partial charge in [0.2, 0.25) is 11.8 Å². The van der Waals surface area contributed by atoms with Crippen molar-refractivity contribution in [1.82, 2.24) is 21.5 Å². The van der Waals surface area contributed by atoms with E-state index in [1.165, 1.54) is 12.4 Å². The van der Waals surface area contributed by atoms with Crippen molar-refractivity contribution in [3.8, 4) is 0 Å². The molecule has 0 spiro atoms. The number of carbonyl (C=O) groups excluding carboxylic acids is 3. The summed E-state index contributed by atoms with van der Waals surface area (Å²) in [6.45, 7) is 5.28. The number of hydrogen-bond acceptors (Lipinski definition) is 8. The van der Waals surface area contributed by atoms with Gasteiger partial charge in [0, 0.05) is 6.54 Å². The van der Waals surface area contributed by atoms with Crippen molar-refractivity contribution in [2.45, 2.75) is 58.2 Å². The number of guanidine groups is 1. The molecule has 0 aliphatic carbocycles. The zero-order chi connectivity index (χ0) is 22.6. The van der Waals surface area contributed by atoms with Crippen LogP contribution in [0, 0.1) is 16.0 Å². The SMILES string of the molecule is CC(C)C[C@H](N)C(=O)N[C@@H](C)C(=O)N[C@@H](CCCN=C(N)N[N+](=O)[O-])C(=O)NO. The minimum absolute atomic E-state index is 0.0358. The summed E-state index contributed by atoms with van der Waals surface area (Å²) in [4.78, 5) is 49.9. The quantitative estimate of drug-likeness (QED) is 0.0452. The molecule has 0 bridgehead atoms. The number of hydrazine groups is 1. The van der Waals surface area contributed by atoms with Crippen molar-refractivity contribution in [2.75, 3.05) is 6.54 Å². The Balaban J connectivity index is 4.68. The molecule has 0 unspecified atom stereocenters. The lowest BCUT2D eigenvalue weighted by Crippen LogP contribution is -2.54. The lowest BCUT2D eigenvalue weighted by Gasteiger charge is -2.21. The molecule has 0 saturated heterocycles. The molecule has 0 aliphatic heterocycles. The summed E-state index contributed by atoms with van der Waals surface area (Å²) in [7, 11) is 0. The van der Waals surface area contributed by atoms with Crippen molar-refractivity contribution >= 4 is 23.7 Å². The molecule has 0 heterocycles. The maximum Gasteiger partial charge on any atom is 0.265 e. The highest BCUT2D eigenvalue weighted by Gasteiger charge is 2.25. The molecular weight excluding hydrogens is 388 g/mol. The molecule has 0 aromatic heterocycles. The van der Waals surface area contributed by atoms with E-state index in [0.717, 1.165) is 0 Å². The molecule has 3 atom stereocenters.